The number of fused-ring (bicyclic) bond motifs is 3. The lowest BCUT2D eigenvalue weighted by atomic mass is 9.86. The Labute approximate surface area is 170 Å². The standard InChI is InChI=1S/C25H19NO2S/c27-29(28,20-13-5-2-6-14-20)26-24-18-10-9-16-22(24)21-15-7-8-17-23(21)25(26)19-11-3-1-4-12-19/h1-18,25H/t25-/m1/s1. The minimum atomic E-state index is -3.78. The fourth-order valence-corrected chi connectivity index (χ4v) is 5.72. The molecule has 0 spiro atoms. The van der Waals surface area contributed by atoms with Crippen molar-refractivity contribution in [3.05, 3.63) is 120 Å². The fraction of sp³-hybridized carbons (Fsp3) is 0.0400. The second-order valence-electron chi connectivity index (χ2n) is 7.03. The van der Waals surface area contributed by atoms with Crippen LogP contribution in [-0.2, 0) is 10.0 Å². The van der Waals surface area contributed by atoms with E-state index in [4.69, 9.17) is 0 Å². The Morgan fingerprint density at radius 3 is 1.86 bits per heavy atom. The van der Waals surface area contributed by atoms with Gasteiger partial charge in [-0.15, -0.1) is 0 Å². The molecule has 0 saturated heterocycles. The summed E-state index contributed by atoms with van der Waals surface area (Å²) in [6.07, 6.45) is 0. The number of sulfonamides is 1. The van der Waals surface area contributed by atoms with Crippen LogP contribution in [0.4, 0.5) is 5.69 Å². The third kappa shape index (κ3) is 2.84. The quantitative estimate of drug-likeness (QED) is 0.448. The minimum Gasteiger partial charge on any atom is -0.254 e. The smallest absolute Gasteiger partial charge is 0.254 e. The van der Waals surface area contributed by atoms with Gasteiger partial charge in [0.25, 0.3) is 10.0 Å². The molecule has 1 heterocycles. The predicted molar refractivity (Wildman–Crippen MR) is 116 cm³/mol. The van der Waals surface area contributed by atoms with E-state index in [2.05, 4.69) is 6.07 Å². The van der Waals surface area contributed by atoms with Crippen LogP contribution in [0, 0.1) is 0 Å². The highest BCUT2D eigenvalue weighted by Crippen LogP contribution is 2.49. The van der Waals surface area contributed by atoms with E-state index in [0.717, 1.165) is 22.3 Å². The molecule has 0 saturated carbocycles. The molecule has 1 aliphatic rings. The van der Waals surface area contributed by atoms with E-state index in [1.807, 2.05) is 78.9 Å². The van der Waals surface area contributed by atoms with Crippen molar-refractivity contribution in [3.63, 3.8) is 0 Å². The highest BCUT2D eigenvalue weighted by Gasteiger charge is 2.39. The Bertz CT molecular complexity index is 1270. The summed E-state index contributed by atoms with van der Waals surface area (Å²) in [5.41, 5.74) is 4.61. The van der Waals surface area contributed by atoms with E-state index in [0.29, 0.717) is 5.69 Å². The second-order valence-corrected chi connectivity index (χ2v) is 8.85. The SMILES string of the molecule is O=S(=O)(c1ccccc1)N1c2ccccc2-c2ccccc2[C@H]1c1ccccc1. The molecule has 0 bridgehead atoms. The number of anilines is 1. The van der Waals surface area contributed by atoms with Crippen molar-refractivity contribution in [1.82, 2.24) is 0 Å². The molecule has 3 nitrogen and oxygen atoms in total. The maximum Gasteiger partial charge on any atom is 0.265 e. The van der Waals surface area contributed by atoms with E-state index < -0.39 is 16.1 Å². The van der Waals surface area contributed by atoms with Crippen molar-refractivity contribution in [2.75, 3.05) is 4.31 Å². The van der Waals surface area contributed by atoms with Crippen LogP contribution in [0.1, 0.15) is 17.2 Å². The molecule has 4 aromatic rings. The van der Waals surface area contributed by atoms with Gasteiger partial charge in [0.1, 0.15) is 0 Å². The van der Waals surface area contributed by atoms with Gasteiger partial charge in [-0.25, -0.2) is 8.42 Å². The topological polar surface area (TPSA) is 37.4 Å². The molecule has 1 atom stereocenters. The molecule has 0 fully saturated rings. The fourth-order valence-electron chi connectivity index (χ4n) is 4.06. The van der Waals surface area contributed by atoms with Gasteiger partial charge in [0.2, 0.25) is 0 Å². The van der Waals surface area contributed by atoms with E-state index >= 15 is 0 Å². The first-order chi connectivity index (χ1) is 14.2. The normalized spacial score (nSPS) is 15.4. The molecule has 29 heavy (non-hydrogen) atoms. The molecular formula is C25H19NO2S. The molecule has 0 aromatic heterocycles. The van der Waals surface area contributed by atoms with Crippen molar-refractivity contribution in [3.8, 4) is 11.1 Å². The molecule has 0 radical (unpaired) electrons. The van der Waals surface area contributed by atoms with Gasteiger partial charge < -0.3 is 0 Å². The lowest BCUT2D eigenvalue weighted by Gasteiger charge is -2.39. The van der Waals surface area contributed by atoms with Crippen LogP contribution in [0.25, 0.3) is 11.1 Å². The molecule has 0 N–H and O–H groups in total. The predicted octanol–water partition coefficient (Wildman–Crippen LogP) is 5.65. The highest BCUT2D eigenvalue weighted by molar-refractivity contribution is 7.92. The zero-order chi connectivity index (χ0) is 19.8. The first-order valence-corrected chi connectivity index (χ1v) is 10.9. The first kappa shape index (κ1) is 17.7. The Morgan fingerprint density at radius 1 is 0.586 bits per heavy atom. The van der Waals surface area contributed by atoms with E-state index in [1.54, 1.807) is 28.6 Å². The van der Waals surface area contributed by atoms with Gasteiger partial charge >= 0.3 is 0 Å². The number of rotatable bonds is 3. The number of nitrogens with zero attached hydrogens (tertiary/aromatic N) is 1. The summed E-state index contributed by atoms with van der Waals surface area (Å²) in [5, 5.41) is 0. The third-order valence-corrected chi connectivity index (χ3v) is 7.13. The molecule has 0 unspecified atom stereocenters. The van der Waals surface area contributed by atoms with Gasteiger partial charge in [0.05, 0.1) is 16.6 Å². The monoisotopic (exact) mass is 397 g/mol. The Kier molecular flexibility index (Phi) is 4.22. The zero-order valence-corrected chi connectivity index (χ0v) is 16.5. The Hall–Kier alpha value is -3.37. The average Bonchev–Trinajstić information content (AvgIpc) is 2.79. The van der Waals surface area contributed by atoms with Gasteiger partial charge in [0.15, 0.2) is 0 Å². The largest absolute Gasteiger partial charge is 0.265 e. The van der Waals surface area contributed by atoms with E-state index in [9.17, 15) is 8.42 Å². The molecule has 0 amide bonds. The van der Waals surface area contributed by atoms with Crippen molar-refractivity contribution in [2.45, 2.75) is 10.9 Å². The van der Waals surface area contributed by atoms with Gasteiger partial charge in [-0.05, 0) is 34.9 Å². The van der Waals surface area contributed by atoms with Gasteiger partial charge in [-0.2, -0.15) is 0 Å². The summed E-state index contributed by atoms with van der Waals surface area (Å²) in [4.78, 5) is 0.287. The number of para-hydroxylation sites is 1. The second kappa shape index (κ2) is 6.90. The van der Waals surface area contributed by atoms with Crippen LogP contribution in [0.3, 0.4) is 0 Å². The molecular weight excluding hydrogens is 378 g/mol. The Balaban J connectivity index is 1.84. The summed E-state index contributed by atoms with van der Waals surface area (Å²) < 4.78 is 29.3. The average molecular weight is 397 g/mol. The van der Waals surface area contributed by atoms with Crippen LogP contribution in [0.5, 0.6) is 0 Å². The van der Waals surface area contributed by atoms with Crippen molar-refractivity contribution >= 4 is 15.7 Å². The van der Waals surface area contributed by atoms with Crippen molar-refractivity contribution in [1.29, 1.82) is 0 Å². The number of hydrogen-bond acceptors (Lipinski definition) is 2. The maximum absolute atomic E-state index is 13.9. The van der Waals surface area contributed by atoms with Gasteiger partial charge in [-0.3, -0.25) is 4.31 Å². The third-order valence-electron chi connectivity index (χ3n) is 5.34. The summed E-state index contributed by atoms with van der Waals surface area (Å²) in [7, 11) is -3.78. The molecule has 1 aliphatic heterocycles. The lowest BCUT2D eigenvalue weighted by Crippen LogP contribution is -2.38. The van der Waals surface area contributed by atoms with Crippen LogP contribution in [0.2, 0.25) is 0 Å². The summed E-state index contributed by atoms with van der Waals surface area (Å²) in [6, 6.07) is 33.8. The van der Waals surface area contributed by atoms with Crippen LogP contribution < -0.4 is 4.31 Å². The molecule has 4 aromatic carbocycles. The van der Waals surface area contributed by atoms with Crippen LogP contribution >= 0.6 is 0 Å². The van der Waals surface area contributed by atoms with Crippen LogP contribution in [-0.4, -0.2) is 8.42 Å². The summed E-state index contributed by atoms with van der Waals surface area (Å²) >= 11 is 0. The van der Waals surface area contributed by atoms with Gasteiger partial charge in [0, 0.05) is 5.56 Å². The lowest BCUT2D eigenvalue weighted by molar-refractivity contribution is 0.585. The maximum atomic E-state index is 13.9. The summed E-state index contributed by atoms with van der Waals surface area (Å²) in [5.74, 6) is 0. The van der Waals surface area contributed by atoms with Gasteiger partial charge in [-0.1, -0.05) is 91.0 Å². The van der Waals surface area contributed by atoms with E-state index in [1.165, 1.54) is 0 Å². The highest BCUT2D eigenvalue weighted by atomic mass is 32.2. The molecule has 4 heteroatoms. The Morgan fingerprint density at radius 2 is 1.14 bits per heavy atom. The molecule has 142 valence electrons. The molecule has 5 rings (SSSR count). The first-order valence-electron chi connectivity index (χ1n) is 9.51. The minimum absolute atomic E-state index is 0.287. The summed E-state index contributed by atoms with van der Waals surface area (Å²) in [6.45, 7) is 0. The molecule has 0 aliphatic carbocycles. The zero-order valence-electron chi connectivity index (χ0n) is 15.6. The van der Waals surface area contributed by atoms with E-state index in [-0.39, 0.29) is 4.90 Å². The van der Waals surface area contributed by atoms with Crippen molar-refractivity contribution in [2.24, 2.45) is 0 Å². The number of benzene rings is 4. The van der Waals surface area contributed by atoms with Crippen LogP contribution in [0.15, 0.2) is 114 Å². The number of hydrogen-bond donors (Lipinski definition) is 0. The van der Waals surface area contributed by atoms with Crippen molar-refractivity contribution < 1.29 is 8.42 Å².